The summed E-state index contributed by atoms with van der Waals surface area (Å²) in [6, 6.07) is 10.5. The van der Waals surface area contributed by atoms with Crippen LogP contribution < -0.4 is 5.46 Å². The highest BCUT2D eigenvalue weighted by molar-refractivity contribution is 6.62. The molecule has 0 amide bonds. The van der Waals surface area contributed by atoms with Gasteiger partial charge in [-0.15, -0.1) is 0 Å². The smallest absolute Gasteiger partial charge is 0.460 e. The number of carbonyl (C=O) groups excluding carboxylic acids is 1. The lowest BCUT2D eigenvalue weighted by molar-refractivity contribution is -0.159. The molecule has 1 aromatic heterocycles. The van der Waals surface area contributed by atoms with E-state index in [1.807, 2.05) is 26.8 Å². The molecular weight excluding hydrogens is 515 g/mol. The third-order valence-corrected chi connectivity index (χ3v) is 9.19. The molecule has 1 atom stereocenters. The van der Waals surface area contributed by atoms with Gasteiger partial charge in [0.2, 0.25) is 5.89 Å². The van der Waals surface area contributed by atoms with Crippen LogP contribution in [-0.2, 0) is 25.4 Å². The van der Waals surface area contributed by atoms with E-state index in [1.165, 1.54) is 24.0 Å². The first-order valence-corrected chi connectivity index (χ1v) is 15.0. The summed E-state index contributed by atoms with van der Waals surface area (Å²) in [6.45, 7) is 18.6. The highest BCUT2D eigenvalue weighted by Gasteiger charge is 2.52. The number of benzene rings is 2. The molecule has 0 bridgehead atoms. The fourth-order valence-corrected chi connectivity index (χ4v) is 5.96. The van der Waals surface area contributed by atoms with E-state index in [0.29, 0.717) is 11.8 Å². The van der Waals surface area contributed by atoms with Crippen molar-refractivity contribution in [1.82, 2.24) is 9.88 Å². The van der Waals surface area contributed by atoms with Crippen molar-refractivity contribution >= 4 is 29.7 Å². The van der Waals surface area contributed by atoms with E-state index in [1.54, 1.807) is 0 Å². The third kappa shape index (κ3) is 5.58. The van der Waals surface area contributed by atoms with Crippen molar-refractivity contribution in [3.05, 3.63) is 47.0 Å². The summed E-state index contributed by atoms with van der Waals surface area (Å²) in [5, 5.41) is 0. The van der Waals surface area contributed by atoms with Crippen LogP contribution in [0.3, 0.4) is 0 Å². The normalized spacial score (nSPS) is 22.5. The summed E-state index contributed by atoms with van der Waals surface area (Å²) in [7, 11) is -0.442. The molecule has 2 aromatic carbocycles. The SMILES string of the molecule is Cc1c(B2OC(C)(C)C(C)(C)O2)cccc1-c1nc2cc(CN3CCC(C(=O)OC(C)(C)C)C3)c(C3CC3)cc2o1. The number of hydrogen-bond donors (Lipinski definition) is 0. The van der Waals surface area contributed by atoms with Gasteiger partial charge >= 0.3 is 13.1 Å². The van der Waals surface area contributed by atoms with Gasteiger partial charge in [-0.2, -0.15) is 0 Å². The Balaban J connectivity index is 1.26. The number of ether oxygens (including phenoxy) is 1. The molecule has 1 aliphatic carbocycles. The average Bonchev–Trinajstić information content (AvgIpc) is 3.37. The van der Waals surface area contributed by atoms with Crippen molar-refractivity contribution in [3.63, 3.8) is 0 Å². The molecule has 218 valence electrons. The minimum Gasteiger partial charge on any atom is -0.460 e. The monoisotopic (exact) mass is 558 g/mol. The molecule has 0 spiro atoms. The van der Waals surface area contributed by atoms with Gasteiger partial charge in [-0.1, -0.05) is 12.1 Å². The van der Waals surface area contributed by atoms with Gasteiger partial charge < -0.3 is 18.5 Å². The van der Waals surface area contributed by atoms with Gasteiger partial charge in [0.25, 0.3) is 0 Å². The summed E-state index contributed by atoms with van der Waals surface area (Å²) in [5.41, 5.74) is 6.04. The lowest BCUT2D eigenvalue weighted by Gasteiger charge is -2.32. The molecule has 6 rings (SSSR count). The molecule has 1 unspecified atom stereocenters. The maximum Gasteiger partial charge on any atom is 0.495 e. The highest BCUT2D eigenvalue weighted by atomic mass is 16.7. The minimum atomic E-state index is -0.457. The molecule has 3 heterocycles. The van der Waals surface area contributed by atoms with Gasteiger partial charge in [-0.25, -0.2) is 4.98 Å². The standard InChI is InChI=1S/C33H43BN2O5/c1-20-24(10-9-11-26(20)34-40-32(5,6)33(7,8)41-34)29-35-27-16-23(25(21-12-13-21)17-28(27)38-29)19-36-15-14-22(18-36)30(37)39-31(2,3)4/h9-11,16-17,21-22H,12-15,18-19H2,1-8H3. The summed E-state index contributed by atoms with van der Waals surface area (Å²) in [4.78, 5) is 20.0. The van der Waals surface area contributed by atoms with Crippen LogP contribution in [0, 0.1) is 12.8 Å². The molecule has 0 radical (unpaired) electrons. The quantitative estimate of drug-likeness (QED) is 0.266. The van der Waals surface area contributed by atoms with Crippen molar-refractivity contribution in [2.45, 2.75) is 104 Å². The Labute approximate surface area is 244 Å². The molecule has 2 aliphatic heterocycles. The molecular formula is C33H43BN2O5. The van der Waals surface area contributed by atoms with Crippen molar-refractivity contribution in [3.8, 4) is 11.5 Å². The van der Waals surface area contributed by atoms with E-state index >= 15 is 0 Å². The van der Waals surface area contributed by atoms with Crippen LogP contribution in [0.2, 0.25) is 0 Å². The number of oxazole rings is 1. The summed E-state index contributed by atoms with van der Waals surface area (Å²) >= 11 is 0. The van der Waals surface area contributed by atoms with E-state index in [0.717, 1.165) is 53.7 Å². The summed E-state index contributed by atoms with van der Waals surface area (Å²) in [5.74, 6) is 1.03. The zero-order valence-corrected chi connectivity index (χ0v) is 25.8. The van der Waals surface area contributed by atoms with E-state index in [9.17, 15) is 4.79 Å². The fraction of sp³-hybridized carbons (Fsp3) is 0.576. The van der Waals surface area contributed by atoms with Crippen molar-refractivity contribution in [1.29, 1.82) is 0 Å². The first-order valence-electron chi connectivity index (χ1n) is 15.0. The van der Waals surface area contributed by atoms with Crippen LogP contribution in [-0.4, -0.2) is 52.9 Å². The predicted molar refractivity (Wildman–Crippen MR) is 161 cm³/mol. The second-order valence-electron chi connectivity index (χ2n) is 14.2. The number of hydrogen-bond acceptors (Lipinski definition) is 7. The van der Waals surface area contributed by atoms with Crippen LogP contribution in [0.4, 0.5) is 0 Å². The van der Waals surface area contributed by atoms with E-state index in [4.69, 9.17) is 23.4 Å². The van der Waals surface area contributed by atoms with Crippen molar-refractivity contribution in [2.24, 2.45) is 5.92 Å². The molecule has 3 aromatic rings. The van der Waals surface area contributed by atoms with Gasteiger partial charge in [0, 0.05) is 18.7 Å². The van der Waals surface area contributed by atoms with Gasteiger partial charge in [0.15, 0.2) is 5.58 Å². The lowest BCUT2D eigenvalue weighted by atomic mass is 9.75. The minimum absolute atomic E-state index is 0.0692. The zero-order chi connectivity index (χ0) is 29.3. The Morgan fingerprint density at radius 1 is 1.10 bits per heavy atom. The summed E-state index contributed by atoms with van der Waals surface area (Å²) < 4.78 is 24.8. The molecule has 7 nitrogen and oxygen atoms in total. The number of carbonyl (C=O) groups is 1. The second-order valence-corrected chi connectivity index (χ2v) is 14.2. The molecule has 41 heavy (non-hydrogen) atoms. The maximum atomic E-state index is 12.7. The number of fused-ring (bicyclic) bond motifs is 1. The number of aromatic nitrogens is 1. The zero-order valence-electron chi connectivity index (χ0n) is 25.8. The van der Waals surface area contributed by atoms with E-state index in [2.05, 4.69) is 63.8 Å². The van der Waals surface area contributed by atoms with Gasteiger partial charge in [-0.3, -0.25) is 9.69 Å². The van der Waals surface area contributed by atoms with E-state index < -0.39 is 23.9 Å². The Morgan fingerprint density at radius 2 is 1.80 bits per heavy atom. The largest absolute Gasteiger partial charge is 0.495 e. The fourth-order valence-electron chi connectivity index (χ4n) is 5.96. The van der Waals surface area contributed by atoms with Crippen molar-refractivity contribution < 1.29 is 23.3 Å². The predicted octanol–water partition coefficient (Wildman–Crippen LogP) is 6.14. The lowest BCUT2D eigenvalue weighted by Crippen LogP contribution is -2.41. The Bertz CT molecular complexity index is 1470. The first-order chi connectivity index (χ1) is 19.2. The first kappa shape index (κ1) is 28.4. The Kier molecular flexibility index (Phi) is 6.91. The average molecular weight is 559 g/mol. The molecule has 3 fully saturated rings. The van der Waals surface area contributed by atoms with Crippen LogP contribution in [0.15, 0.2) is 34.7 Å². The van der Waals surface area contributed by atoms with Crippen LogP contribution >= 0.6 is 0 Å². The van der Waals surface area contributed by atoms with Gasteiger partial charge in [0.1, 0.15) is 11.1 Å². The molecule has 2 saturated heterocycles. The van der Waals surface area contributed by atoms with Crippen molar-refractivity contribution in [2.75, 3.05) is 13.1 Å². The molecule has 0 N–H and O–H groups in total. The van der Waals surface area contributed by atoms with Gasteiger partial charge in [-0.05, 0) is 127 Å². The number of esters is 1. The Hall–Kier alpha value is -2.68. The molecule has 1 saturated carbocycles. The number of nitrogens with zero attached hydrogens (tertiary/aromatic N) is 2. The summed E-state index contributed by atoms with van der Waals surface area (Å²) in [6.07, 6.45) is 3.24. The topological polar surface area (TPSA) is 74.0 Å². The maximum absolute atomic E-state index is 12.7. The molecule has 8 heteroatoms. The van der Waals surface area contributed by atoms with E-state index in [-0.39, 0.29) is 11.9 Å². The van der Waals surface area contributed by atoms with Crippen LogP contribution in [0.1, 0.15) is 90.3 Å². The third-order valence-electron chi connectivity index (χ3n) is 9.19. The molecule has 3 aliphatic rings. The Morgan fingerprint density at radius 3 is 2.46 bits per heavy atom. The van der Waals surface area contributed by atoms with Crippen LogP contribution in [0.5, 0.6) is 0 Å². The van der Waals surface area contributed by atoms with Crippen LogP contribution in [0.25, 0.3) is 22.6 Å². The highest BCUT2D eigenvalue weighted by Crippen LogP contribution is 2.44. The second kappa shape index (κ2) is 9.96. The number of likely N-dealkylation sites (tertiary alicyclic amines) is 1. The van der Waals surface area contributed by atoms with Gasteiger partial charge in [0.05, 0.1) is 17.1 Å². The number of rotatable bonds is 6.